The monoisotopic (exact) mass is 228 g/mol. The zero-order valence-electron chi connectivity index (χ0n) is 8.92. The Kier molecular flexibility index (Phi) is 3.88. The van der Waals surface area contributed by atoms with Gasteiger partial charge in [-0.05, 0) is 25.5 Å². The van der Waals surface area contributed by atoms with Gasteiger partial charge in [-0.25, -0.2) is 8.42 Å². The van der Waals surface area contributed by atoms with E-state index in [4.69, 9.17) is 0 Å². The molecule has 2 unspecified atom stereocenters. The molecule has 3 nitrogen and oxygen atoms in total. The highest BCUT2D eigenvalue weighted by atomic mass is 32.2. The summed E-state index contributed by atoms with van der Waals surface area (Å²) in [6, 6.07) is 8.22. The minimum absolute atomic E-state index is 0.269. The van der Waals surface area contributed by atoms with Crippen LogP contribution in [0.2, 0.25) is 0 Å². The lowest BCUT2D eigenvalue weighted by molar-refractivity contribution is 0.168. The molecule has 0 aliphatic heterocycles. The van der Waals surface area contributed by atoms with E-state index in [0.717, 1.165) is 0 Å². The Bertz CT molecular complexity index is 397. The van der Waals surface area contributed by atoms with Crippen LogP contribution in [0, 0.1) is 0 Å². The van der Waals surface area contributed by atoms with Gasteiger partial charge in [-0.3, -0.25) is 0 Å². The van der Waals surface area contributed by atoms with Crippen LogP contribution in [0.4, 0.5) is 0 Å². The maximum Gasteiger partial charge on any atom is 0.183 e. The maximum atomic E-state index is 12.0. The van der Waals surface area contributed by atoms with E-state index in [2.05, 4.69) is 0 Å². The van der Waals surface area contributed by atoms with Gasteiger partial charge in [0.15, 0.2) is 9.84 Å². The average molecular weight is 228 g/mol. The third-order valence-corrected chi connectivity index (χ3v) is 4.74. The summed E-state index contributed by atoms with van der Waals surface area (Å²) >= 11 is 0. The Hall–Kier alpha value is -0.870. The van der Waals surface area contributed by atoms with E-state index in [1.807, 2.05) is 0 Å². The molecule has 0 fully saturated rings. The number of hydrogen-bond acceptors (Lipinski definition) is 3. The number of aliphatic hydroxyl groups is 1. The molecule has 2 atom stereocenters. The Morgan fingerprint density at radius 1 is 1.27 bits per heavy atom. The van der Waals surface area contributed by atoms with E-state index < -0.39 is 21.2 Å². The molecule has 1 aromatic rings. The second-order valence-electron chi connectivity index (χ2n) is 3.54. The molecule has 0 aromatic heterocycles. The van der Waals surface area contributed by atoms with E-state index in [1.165, 1.54) is 6.92 Å². The van der Waals surface area contributed by atoms with Crippen LogP contribution in [-0.4, -0.2) is 24.9 Å². The molecule has 0 aliphatic carbocycles. The van der Waals surface area contributed by atoms with E-state index >= 15 is 0 Å². The lowest BCUT2D eigenvalue weighted by Gasteiger charge is -2.17. The number of aliphatic hydroxyl groups excluding tert-OH is 1. The fourth-order valence-electron chi connectivity index (χ4n) is 1.36. The lowest BCUT2D eigenvalue weighted by Crippen LogP contribution is -2.30. The minimum Gasteiger partial charge on any atom is -0.392 e. The van der Waals surface area contributed by atoms with Crippen molar-refractivity contribution in [1.29, 1.82) is 0 Å². The highest BCUT2D eigenvalue weighted by molar-refractivity contribution is 7.92. The molecule has 0 saturated heterocycles. The van der Waals surface area contributed by atoms with Gasteiger partial charge in [-0.2, -0.15) is 0 Å². The van der Waals surface area contributed by atoms with Crippen molar-refractivity contribution in [2.24, 2.45) is 0 Å². The Morgan fingerprint density at radius 2 is 1.80 bits per heavy atom. The van der Waals surface area contributed by atoms with Crippen molar-refractivity contribution in [3.05, 3.63) is 30.3 Å². The molecule has 0 bridgehead atoms. The third-order valence-electron chi connectivity index (χ3n) is 2.52. The Morgan fingerprint density at radius 3 is 2.27 bits per heavy atom. The van der Waals surface area contributed by atoms with Crippen molar-refractivity contribution in [2.45, 2.75) is 36.5 Å². The third kappa shape index (κ3) is 2.58. The van der Waals surface area contributed by atoms with Crippen LogP contribution in [0.1, 0.15) is 20.3 Å². The van der Waals surface area contributed by atoms with E-state index in [1.54, 1.807) is 37.3 Å². The minimum atomic E-state index is -3.40. The predicted molar refractivity (Wildman–Crippen MR) is 59.4 cm³/mol. The molecule has 0 amide bonds. The van der Waals surface area contributed by atoms with Crippen molar-refractivity contribution >= 4 is 9.84 Å². The van der Waals surface area contributed by atoms with Crippen LogP contribution < -0.4 is 0 Å². The van der Waals surface area contributed by atoms with Crippen molar-refractivity contribution < 1.29 is 13.5 Å². The maximum absolute atomic E-state index is 12.0. The zero-order chi connectivity index (χ0) is 11.5. The molecule has 0 radical (unpaired) electrons. The van der Waals surface area contributed by atoms with Gasteiger partial charge in [0, 0.05) is 0 Å². The van der Waals surface area contributed by atoms with Crippen molar-refractivity contribution in [3.63, 3.8) is 0 Å². The van der Waals surface area contributed by atoms with Crippen LogP contribution in [0.5, 0.6) is 0 Å². The summed E-state index contributed by atoms with van der Waals surface area (Å²) in [6.45, 7) is 3.30. The summed E-state index contributed by atoms with van der Waals surface area (Å²) in [4.78, 5) is 0.269. The van der Waals surface area contributed by atoms with E-state index in [9.17, 15) is 13.5 Å². The predicted octanol–water partition coefficient (Wildman–Crippen LogP) is 1.62. The van der Waals surface area contributed by atoms with Gasteiger partial charge in [-0.15, -0.1) is 0 Å². The highest BCUT2D eigenvalue weighted by Gasteiger charge is 2.28. The smallest absolute Gasteiger partial charge is 0.183 e. The van der Waals surface area contributed by atoms with Crippen LogP contribution >= 0.6 is 0 Å². The van der Waals surface area contributed by atoms with Gasteiger partial charge in [-0.1, -0.05) is 25.1 Å². The quantitative estimate of drug-likeness (QED) is 0.852. The van der Waals surface area contributed by atoms with Gasteiger partial charge in [0.1, 0.15) is 0 Å². The van der Waals surface area contributed by atoms with Gasteiger partial charge in [0.05, 0.1) is 16.2 Å². The first kappa shape index (κ1) is 12.2. The molecule has 1 rings (SSSR count). The van der Waals surface area contributed by atoms with Crippen molar-refractivity contribution in [3.8, 4) is 0 Å². The summed E-state index contributed by atoms with van der Waals surface area (Å²) < 4.78 is 23.9. The SMILES string of the molecule is CCC(O)C(C)S(=O)(=O)c1ccccc1. The van der Waals surface area contributed by atoms with Crippen molar-refractivity contribution in [2.75, 3.05) is 0 Å². The topological polar surface area (TPSA) is 54.4 Å². The molecule has 0 saturated carbocycles. The second-order valence-corrected chi connectivity index (χ2v) is 5.84. The zero-order valence-corrected chi connectivity index (χ0v) is 9.74. The summed E-state index contributed by atoms with van der Waals surface area (Å²) in [5, 5.41) is 8.78. The Balaban J connectivity index is 3.04. The number of rotatable bonds is 4. The molecule has 15 heavy (non-hydrogen) atoms. The fraction of sp³-hybridized carbons (Fsp3) is 0.455. The van der Waals surface area contributed by atoms with E-state index in [-0.39, 0.29) is 4.90 Å². The second kappa shape index (κ2) is 4.77. The average Bonchev–Trinajstić information content (AvgIpc) is 2.28. The first-order valence-electron chi connectivity index (χ1n) is 4.97. The molecule has 1 N–H and O–H groups in total. The number of sulfone groups is 1. The van der Waals surface area contributed by atoms with Gasteiger partial charge >= 0.3 is 0 Å². The fourth-order valence-corrected chi connectivity index (χ4v) is 2.94. The normalized spacial score (nSPS) is 15.9. The summed E-state index contributed by atoms with van der Waals surface area (Å²) in [5.74, 6) is 0. The van der Waals surface area contributed by atoms with Gasteiger partial charge in [0.25, 0.3) is 0 Å². The molecule has 0 heterocycles. The molecule has 84 valence electrons. The largest absolute Gasteiger partial charge is 0.392 e. The van der Waals surface area contributed by atoms with Gasteiger partial charge < -0.3 is 5.11 Å². The summed E-state index contributed by atoms with van der Waals surface area (Å²) in [6.07, 6.45) is -0.372. The molecule has 1 aromatic carbocycles. The van der Waals surface area contributed by atoms with Gasteiger partial charge in [0.2, 0.25) is 0 Å². The van der Waals surface area contributed by atoms with Crippen LogP contribution in [-0.2, 0) is 9.84 Å². The molecular weight excluding hydrogens is 212 g/mol. The number of hydrogen-bond donors (Lipinski definition) is 1. The first-order chi connectivity index (χ1) is 7.00. The van der Waals surface area contributed by atoms with Crippen LogP contribution in [0.25, 0.3) is 0 Å². The summed E-state index contributed by atoms with van der Waals surface area (Å²) in [5.41, 5.74) is 0. The van der Waals surface area contributed by atoms with Crippen LogP contribution in [0.15, 0.2) is 35.2 Å². The first-order valence-corrected chi connectivity index (χ1v) is 6.51. The van der Waals surface area contributed by atoms with Crippen LogP contribution in [0.3, 0.4) is 0 Å². The number of benzene rings is 1. The molecule has 4 heteroatoms. The molecule has 0 spiro atoms. The molecule has 0 aliphatic rings. The van der Waals surface area contributed by atoms with E-state index in [0.29, 0.717) is 6.42 Å². The lowest BCUT2D eigenvalue weighted by atomic mass is 10.2. The standard InChI is InChI=1S/C11H16O3S/c1-3-11(12)9(2)15(13,14)10-7-5-4-6-8-10/h4-9,11-12H,3H2,1-2H3. The Labute approximate surface area is 90.7 Å². The molecular formula is C11H16O3S. The van der Waals surface area contributed by atoms with Crippen molar-refractivity contribution in [1.82, 2.24) is 0 Å². The summed E-state index contributed by atoms with van der Waals surface area (Å²) in [7, 11) is -3.40. The highest BCUT2D eigenvalue weighted by Crippen LogP contribution is 2.18.